The van der Waals surface area contributed by atoms with Crippen LogP contribution in [0.3, 0.4) is 0 Å². The van der Waals surface area contributed by atoms with Crippen molar-refractivity contribution in [3.8, 4) is 11.1 Å². The number of benzene rings is 2. The molecule has 4 heteroatoms. The highest BCUT2D eigenvalue weighted by Gasteiger charge is 2.26. The summed E-state index contributed by atoms with van der Waals surface area (Å²) >= 11 is 1.54. The van der Waals surface area contributed by atoms with E-state index in [1.807, 2.05) is 42.5 Å². The van der Waals surface area contributed by atoms with Crippen molar-refractivity contribution < 1.29 is 13.9 Å². The molecule has 1 saturated heterocycles. The number of carbonyl (C=O) groups is 1. The van der Waals surface area contributed by atoms with Crippen LogP contribution in [0.5, 0.6) is 0 Å². The average Bonchev–Trinajstić information content (AvgIpc) is 2.99. The van der Waals surface area contributed by atoms with E-state index < -0.39 is 6.17 Å². The standard InChI is InChI=1S/C18H17FO2S/c19-16-10-17(22-12-16)11-21-18(20)15-8-6-14(7-9-15)13-4-2-1-3-5-13/h1-9,16-17H,10-12H2/t16-,17+/m0/s1. The van der Waals surface area contributed by atoms with Gasteiger partial charge < -0.3 is 4.74 Å². The number of ether oxygens (including phenoxy) is 1. The molecule has 2 aromatic carbocycles. The summed E-state index contributed by atoms with van der Waals surface area (Å²) in [6.45, 7) is 0.282. The largest absolute Gasteiger partial charge is 0.461 e. The monoisotopic (exact) mass is 316 g/mol. The first kappa shape index (κ1) is 15.1. The van der Waals surface area contributed by atoms with Crippen LogP contribution in [0.2, 0.25) is 0 Å². The van der Waals surface area contributed by atoms with E-state index in [0.29, 0.717) is 17.7 Å². The Balaban J connectivity index is 1.59. The van der Waals surface area contributed by atoms with Gasteiger partial charge in [0.1, 0.15) is 12.8 Å². The minimum atomic E-state index is -0.765. The summed E-state index contributed by atoms with van der Waals surface area (Å²) < 4.78 is 18.3. The molecular formula is C18H17FO2S. The third kappa shape index (κ3) is 3.69. The van der Waals surface area contributed by atoms with Crippen molar-refractivity contribution in [3.63, 3.8) is 0 Å². The zero-order chi connectivity index (χ0) is 15.4. The average molecular weight is 316 g/mol. The molecule has 0 N–H and O–H groups in total. The van der Waals surface area contributed by atoms with Crippen molar-refractivity contribution in [3.05, 3.63) is 60.2 Å². The van der Waals surface area contributed by atoms with Crippen molar-refractivity contribution in [1.29, 1.82) is 0 Å². The molecule has 0 aliphatic carbocycles. The SMILES string of the molecule is O=C(OC[C@H]1C[C@H](F)CS1)c1ccc(-c2ccccc2)cc1. The molecule has 0 amide bonds. The van der Waals surface area contributed by atoms with Crippen molar-refractivity contribution in [2.24, 2.45) is 0 Å². The number of hydrogen-bond acceptors (Lipinski definition) is 3. The number of rotatable bonds is 4. The molecule has 0 radical (unpaired) electrons. The predicted octanol–water partition coefficient (Wildman–Crippen LogP) is 4.35. The van der Waals surface area contributed by atoms with Gasteiger partial charge in [0.15, 0.2) is 0 Å². The Hall–Kier alpha value is -1.81. The Bertz CT molecular complexity index is 627. The van der Waals surface area contributed by atoms with Crippen LogP contribution < -0.4 is 0 Å². The van der Waals surface area contributed by atoms with Gasteiger partial charge in [0, 0.05) is 11.0 Å². The molecule has 114 valence electrons. The number of esters is 1. The second-order valence-electron chi connectivity index (χ2n) is 5.33. The molecule has 0 bridgehead atoms. The summed E-state index contributed by atoms with van der Waals surface area (Å²) in [6, 6.07) is 17.3. The maximum absolute atomic E-state index is 13.1. The van der Waals surface area contributed by atoms with E-state index in [0.717, 1.165) is 11.1 Å². The summed E-state index contributed by atoms with van der Waals surface area (Å²) in [5.74, 6) is 0.163. The maximum atomic E-state index is 13.1. The lowest BCUT2D eigenvalue weighted by Crippen LogP contribution is -2.15. The number of thioether (sulfide) groups is 1. The minimum Gasteiger partial charge on any atom is -0.461 e. The van der Waals surface area contributed by atoms with Crippen molar-refractivity contribution >= 4 is 17.7 Å². The van der Waals surface area contributed by atoms with Gasteiger partial charge in [0.05, 0.1) is 5.56 Å². The van der Waals surface area contributed by atoms with Gasteiger partial charge in [-0.15, -0.1) is 0 Å². The van der Waals surface area contributed by atoms with Crippen LogP contribution in [-0.4, -0.2) is 29.8 Å². The van der Waals surface area contributed by atoms with Gasteiger partial charge in [-0.3, -0.25) is 0 Å². The second-order valence-corrected chi connectivity index (χ2v) is 6.66. The molecule has 0 aromatic heterocycles. The van der Waals surface area contributed by atoms with Crippen molar-refractivity contribution in [2.75, 3.05) is 12.4 Å². The lowest BCUT2D eigenvalue weighted by molar-refractivity contribution is 0.0501. The molecule has 1 aliphatic heterocycles. The van der Waals surface area contributed by atoms with Gasteiger partial charge in [-0.2, -0.15) is 11.8 Å². The first-order valence-corrected chi connectivity index (χ1v) is 8.35. The van der Waals surface area contributed by atoms with Crippen LogP contribution in [0.25, 0.3) is 11.1 Å². The molecule has 2 nitrogen and oxygen atoms in total. The summed E-state index contributed by atoms with van der Waals surface area (Å²) in [6.07, 6.45) is -0.288. The smallest absolute Gasteiger partial charge is 0.338 e. The van der Waals surface area contributed by atoms with Crippen LogP contribution >= 0.6 is 11.8 Å². The predicted molar refractivity (Wildman–Crippen MR) is 87.9 cm³/mol. The van der Waals surface area contributed by atoms with E-state index in [4.69, 9.17) is 4.74 Å². The molecule has 0 unspecified atom stereocenters. The normalized spacial score (nSPS) is 20.8. The van der Waals surface area contributed by atoms with Crippen molar-refractivity contribution in [2.45, 2.75) is 17.8 Å². The second kappa shape index (κ2) is 6.97. The summed E-state index contributed by atoms with van der Waals surface area (Å²) in [5, 5.41) is 0.0857. The van der Waals surface area contributed by atoms with Crippen molar-refractivity contribution in [1.82, 2.24) is 0 Å². The van der Waals surface area contributed by atoms with Gasteiger partial charge in [0.2, 0.25) is 0 Å². The molecule has 3 rings (SSSR count). The molecule has 1 heterocycles. The zero-order valence-corrected chi connectivity index (χ0v) is 12.9. The fraction of sp³-hybridized carbons (Fsp3) is 0.278. The third-order valence-electron chi connectivity index (χ3n) is 3.66. The van der Waals surface area contributed by atoms with Gasteiger partial charge in [0.25, 0.3) is 0 Å². The molecule has 1 aliphatic rings. The van der Waals surface area contributed by atoms with Gasteiger partial charge in [-0.05, 0) is 29.7 Å². The third-order valence-corrected chi connectivity index (χ3v) is 5.01. The first-order valence-electron chi connectivity index (χ1n) is 7.30. The lowest BCUT2D eigenvalue weighted by Gasteiger charge is -2.10. The van der Waals surface area contributed by atoms with E-state index >= 15 is 0 Å². The topological polar surface area (TPSA) is 26.3 Å². The summed E-state index contributed by atoms with van der Waals surface area (Å²) in [7, 11) is 0. The highest BCUT2D eigenvalue weighted by molar-refractivity contribution is 8.00. The highest BCUT2D eigenvalue weighted by atomic mass is 32.2. The Morgan fingerprint density at radius 1 is 1.09 bits per heavy atom. The molecular weight excluding hydrogens is 299 g/mol. The maximum Gasteiger partial charge on any atom is 0.338 e. The quantitative estimate of drug-likeness (QED) is 0.784. The fourth-order valence-corrected chi connectivity index (χ4v) is 3.59. The first-order chi connectivity index (χ1) is 10.7. The van der Waals surface area contributed by atoms with E-state index in [-0.39, 0.29) is 17.8 Å². The van der Waals surface area contributed by atoms with E-state index in [2.05, 4.69) is 0 Å². The molecule has 0 spiro atoms. The molecule has 2 atom stereocenters. The molecule has 22 heavy (non-hydrogen) atoms. The van der Waals surface area contributed by atoms with Gasteiger partial charge >= 0.3 is 5.97 Å². The number of carbonyl (C=O) groups excluding carboxylic acids is 1. The highest BCUT2D eigenvalue weighted by Crippen LogP contribution is 2.29. The number of halogens is 1. The summed E-state index contributed by atoms with van der Waals surface area (Å²) in [4.78, 5) is 12.0. The lowest BCUT2D eigenvalue weighted by atomic mass is 10.0. The number of alkyl halides is 1. The summed E-state index contributed by atoms with van der Waals surface area (Å²) in [5.41, 5.74) is 2.70. The van der Waals surface area contributed by atoms with E-state index in [9.17, 15) is 9.18 Å². The minimum absolute atomic E-state index is 0.0857. The Labute approximate surface area is 133 Å². The molecule has 2 aromatic rings. The van der Waals surface area contributed by atoms with Gasteiger partial charge in [-0.25, -0.2) is 9.18 Å². The molecule has 1 fully saturated rings. The van der Waals surface area contributed by atoms with Gasteiger partial charge in [-0.1, -0.05) is 42.5 Å². The van der Waals surface area contributed by atoms with Crippen LogP contribution in [0, 0.1) is 0 Å². The Kier molecular flexibility index (Phi) is 4.78. The Morgan fingerprint density at radius 2 is 1.77 bits per heavy atom. The van der Waals surface area contributed by atoms with E-state index in [1.165, 1.54) is 11.8 Å². The zero-order valence-electron chi connectivity index (χ0n) is 12.1. The van der Waals surface area contributed by atoms with Crippen LogP contribution in [0.4, 0.5) is 4.39 Å². The van der Waals surface area contributed by atoms with Crippen LogP contribution in [0.1, 0.15) is 16.8 Å². The van der Waals surface area contributed by atoms with Crippen LogP contribution in [0.15, 0.2) is 54.6 Å². The number of hydrogen-bond donors (Lipinski definition) is 0. The Morgan fingerprint density at radius 3 is 2.41 bits per heavy atom. The molecule has 0 saturated carbocycles. The van der Waals surface area contributed by atoms with Crippen LogP contribution in [-0.2, 0) is 4.74 Å². The fourth-order valence-electron chi connectivity index (χ4n) is 2.46. The van der Waals surface area contributed by atoms with E-state index in [1.54, 1.807) is 12.1 Å².